The lowest BCUT2D eigenvalue weighted by Crippen LogP contribution is -2.33. The molecule has 0 spiro atoms. The molecule has 0 aliphatic rings. The summed E-state index contributed by atoms with van der Waals surface area (Å²) in [4.78, 5) is 23.8. The second-order valence-corrected chi connectivity index (χ2v) is 5.38. The molecule has 0 saturated carbocycles. The molecule has 0 unspecified atom stereocenters. The lowest BCUT2D eigenvalue weighted by molar-refractivity contribution is -0.115. The van der Waals surface area contributed by atoms with E-state index in [1.807, 2.05) is 37.3 Å². The van der Waals surface area contributed by atoms with Crippen molar-refractivity contribution in [2.24, 2.45) is 0 Å². The molecule has 0 bridgehead atoms. The zero-order valence-corrected chi connectivity index (χ0v) is 13.1. The van der Waals surface area contributed by atoms with Gasteiger partial charge in [0.05, 0.1) is 12.1 Å². The van der Waals surface area contributed by atoms with Gasteiger partial charge in [-0.15, -0.1) is 0 Å². The number of para-hydroxylation sites is 1. The van der Waals surface area contributed by atoms with Crippen LogP contribution in [-0.4, -0.2) is 18.4 Å². The Labute approximate surface area is 131 Å². The van der Waals surface area contributed by atoms with Crippen molar-refractivity contribution in [3.8, 4) is 0 Å². The smallest absolute Gasteiger partial charge is 0.252 e. The molecule has 4 nitrogen and oxygen atoms in total. The van der Waals surface area contributed by atoms with E-state index in [1.165, 1.54) is 0 Å². The van der Waals surface area contributed by atoms with Crippen molar-refractivity contribution in [3.63, 3.8) is 0 Å². The van der Waals surface area contributed by atoms with Crippen molar-refractivity contribution in [2.45, 2.75) is 6.92 Å². The normalized spacial score (nSPS) is 10.0. The molecular weight excluding hydrogens is 332 g/mol. The van der Waals surface area contributed by atoms with E-state index in [2.05, 4.69) is 26.6 Å². The Bertz CT molecular complexity index is 671. The van der Waals surface area contributed by atoms with Gasteiger partial charge >= 0.3 is 0 Å². The van der Waals surface area contributed by atoms with Crippen LogP contribution in [0.2, 0.25) is 0 Å². The Hall–Kier alpha value is -2.14. The summed E-state index contributed by atoms with van der Waals surface area (Å²) in [5.41, 5.74) is 2.22. The Morgan fingerprint density at radius 1 is 1.05 bits per heavy atom. The van der Waals surface area contributed by atoms with Gasteiger partial charge in [-0.1, -0.05) is 30.3 Å². The molecule has 0 fully saturated rings. The number of carbonyl (C=O) groups is 2. The second-order valence-electron chi connectivity index (χ2n) is 4.53. The van der Waals surface area contributed by atoms with Gasteiger partial charge in [0.1, 0.15) is 0 Å². The first-order valence-corrected chi connectivity index (χ1v) is 7.25. The maximum atomic E-state index is 12.0. The van der Waals surface area contributed by atoms with Crippen LogP contribution >= 0.6 is 15.9 Å². The summed E-state index contributed by atoms with van der Waals surface area (Å²) in [5, 5.41) is 5.36. The topological polar surface area (TPSA) is 58.2 Å². The molecule has 21 heavy (non-hydrogen) atoms. The zero-order valence-electron chi connectivity index (χ0n) is 11.5. The fourth-order valence-electron chi connectivity index (χ4n) is 1.81. The van der Waals surface area contributed by atoms with E-state index in [4.69, 9.17) is 0 Å². The highest BCUT2D eigenvalue weighted by molar-refractivity contribution is 9.10. The molecule has 2 rings (SSSR count). The maximum Gasteiger partial charge on any atom is 0.252 e. The molecule has 0 aliphatic carbocycles. The summed E-state index contributed by atoms with van der Waals surface area (Å²) < 4.78 is 0.696. The quantitative estimate of drug-likeness (QED) is 0.893. The number of amides is 2. The van der Waals surface area contributed by atoms with E-state index in [-0.39, 0.29) is 18.4 Å². The van der Waals surface area contributed by atoms with Crippen LogP contribution in [0.4, 0.5) is 5.69 Å². The Morgan fingerprint density at radius 2 is 1.71 bits per heavy atom. The predicted octanol–water partition coefficient (Wildman–Crippen LogP) is 3.13. The third-order valence-electron chi connectivity index (χ3n) is 2.95. The van der Waals surface area contributed by atoms with Crippen LogP contribution in [0.1, 0.15) is 15.9 Å². The van der Waals surface area contributed by atoms with E-state index in [0.717, 1.165) is 11.3 Å². The van der Waals surface area contributed by atoms with Crippen molar-refractivity contribution in [1.82, 2.24) is 5.32 Å². The fraction of sp³-hybridized carbons (Fsp3) is 0.125. The van der Waals surface area contributed by atoms with Gasteiger partial charge in [-0.3, -0.25) is 9.59 Å². The standard InChI is InChI=1S/C16H15BrN2O2/c1-11-6-2-5-9-14(11)19-15(20)10-18-16(21)12-7-3-4-8-13(12)17/h2-9H,10H2,1H3,(H,18,21)(H,19,20). The summed E-state index contributed by atoms with van der Waals surface area (Å²) in [5.74, 6) is -0.549. The molecule has 0 radical (unpaired) electrons. The number of anilines is 1. The number of nitrogens with one attached hydrogen (secondary N) is 2. The number of hydrogen-bond acceptors (Lipinski definition) is 2. The number of benzene rings is 2. The van der Waals surface area contributed by atoms with Gasteiger partial charge in [-0.05, 0) is 46.6 Å². The number of carbonyl (C=O) groups excluding carboxylic acids is 2. The fourth-order valence-corrected chi connectivity index (χ4v) is 2.27. The largest absolute Gasteiger partial charge is 0.343 e. The van der Waals surface area contributed by atoms with Crippen LogP contribution in [0.25, 0.3) is 0 Å². The van der Waals surface area contributed by atoms with E-state index in [1.54, 1.807) is 18.2 Å². The molecule has 0 saturated heterocycles. The van der Waals surface area contributed by atoms with Gasteiger partial charge in [-0.25, -0.2) is 0 Å². The lowest BCUT2D eigenvalue weighted by atomic mass is 10.2. The molecule has 0 heterocycles. The molecular formula is C16H15BrN2O2. The average molecular weight is 347 g/mol. The van der Waals surface area contributed by atoms with Gasteiger partial charge in [-0.2, -0.15) is 0 Å². The minimum absolute atomic E-state index is 0.0749. The van der Waals surface area contributed by atoms with Gasteiger partial charge in [0, 0.05) is 10.2 Å². The number of aryl methyl sites for hydroxylation is 1. The number of halogens is 1. The highest BCUT2D eigenvalue weighted by Crippen LogP contribution is 2.15. The number of hydrogen-bond donors (Lipinski definition) is 2. The lowest BCUT2D eigenvalue weighted by Gasteiger charge is -2.09. The minimum Gasteiger partial charge on any atom is -0.343 e. The van der Waals surface area contributed by atoms with Crippen LogP contribution in [-0.2, 0) is 4.79 Å². The van der Waals surface area contributed by atoms with Gasteiger partial charge < -0.3 is 10.6 Å². The van der Waals surface area contributed by atoms with Gasteiger partial charge in [0.25, 0.3) is 5.91 Å². The molecule has 2 N–H and O–H groups in total. The zero-order chi connectivity index (χ0) is 15.2. The highest BCUT2D eigenvalue weighted by atomic mass is 79.9. The van der Waals surface area contributed by atoms with E-state index >= 15 is 0 Å². The molecule has 2 aromatic rings. The first kappa shape index (κ1) is 15.3. The van der Waals surface area contributed by atoms with E-state index < -0.39 is 0 Å². The third-order valence-corrected chi connectivity index (χ3v) is 3.64. The van der Waals surface area contributed by atoms with Gasteiger partial charge in [0.15, 0.2) is 0 Å². The van der Waals surface area contributed by atoms with Crippen molar-refractivity contribution in [1.29, 1.82) is 0 Å². The van der Waals surface area contributed by atoms with Crippen molar-refractivity contribution in [3.05, 3.63) is 64.1 Å². The van der Waals surface area contributed by atoms with Crippen molar-refractivity contribution in [2.75, 3.05) is 11.9 Å². The van der Waals surface area contributed by atoms with E-state index in [9.17, 15) is 9.59 Å². The Balaban J connectivity index is 1.91. The first-order chi connectivity index (χ1) is 10.1. The molecule has 5 heteroatoms. The third kappa shape index (κ3) is 4.16. The summed E-state index contributed by atoms with van der Waals surface area (Å²) in [6, 6.07) is 14.6. The molecule has 2 aromatic carbocycles. The molecule has 0 aromatic heterocycles. The predicted molar refractivity (Wildman–Crippen MR) is 86.3 cm³/mol. The average Bonchev–Trinajstić information content (AvgIpc) is 2.48. The first-order valence-electron chi connectivity index (χ1n) is 6.46. The SMILES string of the molecule is Cc1ccccc1NC(=O)CNC(=O)c1ccccc1Br. The van der Waals surface area contributed by atoms with Gasteiger partial charge in [0.2, 0.25) is 5.91 Å². The molecule has 0 aliphatic heterocycles. The van der Waals surface area contributed by atoms with E-state index in [0.29, 0.717) is 10.0 Å². The second kappa shape index (κ2) is 7.04. The summed E-state index contributed by atoms with van der Waals surface area (Å²) in [6.07, 6.45) is 0. The highest BCUT2D eigenvalue weighted by Gasteiger charge is 2.11. The minimum atomic E-state index is -0.289. The van der Waals surface area contributed by atoms with Crippen LogP contribution in [0, 0.1) is 6.92 Å². The maximum absolute atomic E-state index is 12.0. The van der Waals surface area contributed by atoms with Crippen molar-refractivity contribution < 1.29 is 9.59 Å². The Morgan fingerprint density at radius 3 is 2.43 bits per heavy atom. The molecule has 2 amide bonds. The molecule has 108 valence electrons. The van der Waals surface area contributed by atoms with Crippen LogP contribution in [0.5, 0.6) is 0 Å². The molecule has 0 atom stereocenters. The van der Waals surface area contributed by atoms with Crippen molar-refractivity contribution >= 4 is 33.4 Å². The van der Waals surface area contributed by atoms with Crippen LogP contribution in [0.15, 0.2) is 53.0 Å². The number of rotatable bonds is 4. The summed E-state index contributed by atoms with van der Waals surface area (Å²) in [7, 11) is 0. The summed E-state index contributed by atoms with van der Waals surface area (Å²) >= 11 is 3.31. The summed E-state index contributed by atoms with van der Waals surface area (Å²) in [6.45, 7) is 1.84. The van der Waals surface area contributed by atoms with Crippen LogP contribution < -0.4 is 10.6 Å². The van der Waals surface area contributed by atoms with Crippen LogP contribution in [0.3, 0.4) is 0 Å². The monoisotopic (exact) mass is 346 g/mol. The Kier molecular flexibility index (Phi) is 5.11.